The third-order valence-corrected chi connectivity index (χ3v) is 2.92. The van der Waals surface area contributed by atoms with Crippen molar-refractivity contribution in [3.8, 4) is 11.1 Å². The molecule has 0 saturated heterocycles. The van der Waals surface area contributed by atoms with E-state index < -0.39 is 5.97 Å². The number of carbonyl (C=O) groups excluding carboxylic acids is 1. The second-order valence-corrected chi connectivity index (χ2v) is 4.44. The van der Waals surface area contributed by atoms with Crippen LogP contribution in [0.25, 0.3) is 11.1 Å². The van der Waals surface area contributed by atoms with E-state index in [1.54, 1.807) is 12.1 Å². The Morgan fingerprint density at radius 2 is 1.62 bits per heavy atom. The molecule has 0 aromatic heterocycles. The molecule has 21 heavy (non-hydrogen) atoms. The second-order valence-electron chi connectivity index (χ2n) is 4.44. The molecule has 2 rings (SSSR count). The van der Waals surface area contributed by atoms with Gasteiger partial charge in [-0.05, 0) is 17.2 Å². The van der Waals surface area contributed by atoms with Gasteiger partial charge in [0.25, 0.3) is 5.91 Å². The summed E-state index contributed by atoms with van der Waals surface area (Å²) in [5.41, 5.74) is 7.44. The van der Waals surface area contributed by atoms with Gasteiger partial charge in [0.1, 0.15) is 0 Å². The van der Waals surface area contributed by atoms with Crippen LogP contribution in [0.15, 0.2) is 54.6 Å². The van der Waals surface area contributed by atoms with Crippen molar-refractivity contribution < 1.29 is 14.7 Å². The zero-order chi connectivity index (χ0) is 15.1. The highest BCUT2D eigenvalue weighted by Crippen LogP contribution is 2.23. The highest BCUT2D eigenvalue weighted by Gasteiger charge is 2.11. The number of hydrazine groups is 1. The number of carboxylic acids is 1. The molecule has 0 saturated carbocycles. The predicted molar refractivity (Wildman–Crippen MR) is 79.6 cm³/mol. The van der Waals surface area contributed by atoms with Gasteiger partial charge in [-0.25, -0.2) is 5.43 Å². The lowest BCUT2D eigenvalue weighted by molar-refractivity contribution is -0.136. The summed E-state index contributed by atoms with van der Waals surface area (Å²) in [7, 11) is 0. The third-order valence-electron chi connectivity index (χ3n) is 2.92. The summed E-state index contributed by atoms with van der Waals surface area (Å²) < 4.78 is 0. The normalized spacial score (nSPS) is 10.1. The van der Waals surface area contributed by atoms with Crippen LogP contribution >= 0.6 is 0 Å². The molecule has 1 amide bonds. The summed E-state index contributed by atoms with van der Waals surface area (Å²) in [4.78, 5) is 22.6. The van der Waals surface area contributed by atoms with Gasteiger partial charge >= 0.3 is 5.97 Å². The minimum atomic E-state index is -0.915. The molecule has 2 aromatic carbocycles. The molecule has 0 bridgehead atoms. The molecule has 5 heteroatoms. The Labute approximate surface area is 122 Å². The number of amides is 1. The van der Waals surface area contributed by atoms with Crippen LogP contribution in [0.4, 0.5) is 0 Å². The largest absolute Gasteiger partial charge is 0.481 e. The van der Waals surface area contributed by atoms with Crippen molar-refractivity contribution in [2.24, 2.45) is 0 Å². The van der Waals surface area contributed by atoms with Crippen LogP contribution in [0, 0.1) is 0 Å². The summed E-state index contributed by atoms with van der Waals surface area (Å²) in [5, 5.41) is 8.54. The SMILES string of the molecule is O=C(O)CCNNC(=O)c1ccccc1-c1ccccc1. The first-order valence-electron chi connectivity index (χ1n) is 6.58. The van der Waals surface area contributed by atoms with Crippen LogP contribution in [0.3, 0.4) is 0 Å². The number of benzene rings is 2. The number of nitrogens with one attached hydrogen (secondary N) is 2. The van der Waals surface area contributed by atoms with Gasteiger partial charge < -0.3 is 5.11 Å². The zero-order valence-electron chi connectivity index (χ0n) is 11.4. The molecule has 3 N–H and O–H groups in total. The topological polar surface area (TPSA) is 78.4 Å². The Hall–Kier alpha value is -2.66. The lowest BCUT2D eigenvalue weighted by Crippen LogP contribution is -2.38. The van der Waals surface area contributed by atoms with Crippen LogP contribution in [0.1, 0.15) is 16.8 Å². The highest BCUT2D eigenvalue weighted by atomic mass is 16.4. The van der Waals surface area contributed by atoms with Crippen LogP contribution < -0.4 is 10.9 Å². The molecule has 0 aliphatic heterocycles. The average Bonchev–Trinajstić information content (AvgIpc) is 2.52. The first kappa shape index (κ1) is 14.7. The molecular formula is C16H16N2O3. The van der Waals surface area contributed by atoms with Crippen molar-refractivity contribution in [3.05, 3.63) is 60.2 Å². The standard InChI is InChI=1S/C16H16N2O3/c19-15(20)10-11-17-18-16(21)14-9-5-4-8-13(14)12-6-2-1-3-7-12/h1-9,17H,10-11H2,(H,18,21)(H,19,20). The Kier molecular flexibility index (Phi) is 5.06. The van der Waals surface area contributed by atoms with Gasteiger partial charge in [0.2, 0.25) is 0 Å². The van der Waals surface area contributed by atoms with Gasteiger partial charge in [-0.2, -0.15) is 0 Å². The quantitative estimate of drug-likeness (QED) is 0.560. The highest BCUT2D eigenvalue weighted by molar-refractivity contribution is 6.00. The van der Waals surface area contributed by atoms with E-state index in [-0.39, 0.29) is 18.9 Å². The first-order valence-corrected chi connectivity index (χ1v) is 6.58. The monoisotopic (exact) mass is 284 g/mol. The minimum absolute atomic E-state index is 0.0549. The van der Waals surface area contributed by atoms with E-state index in [4.69, 9.17) is 5.11 Å². The van der Waals surface area contributed by atoms with Gasteiger partial charge in [0, 0.05) is 12.1 Å². The fourth-order valence-corrected chi connectivity index (χ4v) is 1.93. The lowest BCUT2D eigenvalue weighted by atomic mass is 9.99. The van der Waals surface area contributed by atoms with Crippen molar-refractivity contribution in [2.45, 2.75) is 6.42 Å². The van der Waals surface area contributed by atoms with Crippen molar-refractivity contribution in [1.29, 1.82) is 0 Å². The number of carbonyl (C=O) groups is 2. The van der Waals surface area contributed by atoms with E-state index in [1.807, 2.05) is 42.5 Å². The van der Waals surface area contributed by atoms with Crippen LogP contribution in [0.2, 0.25) is 0 Å². The first-order chi connectivity index (χ1) is 10.2. The third kappa shape index (κ3) is 4.15. The fourth-order valence-electron chi connectivity index (χ4n) is 1.93. The minimum Gasteiger partial charge on any atom is -0.481 e. The second kappa shape index (κ2) is 7.21. The molecule has 2 aromatic rings. The van der Waals surface area contributed by atoms with Crippen LogP contribution in [0.5, 0.6) is 0 Å². The summed E-state index contributed by atoms with van der Waals surface area (Å²) in [6.45, 7) is 0.175. The number of carboxylic acid groups (broad SMARTS) is 1. The molecule has 0 heterocycles. The number of hydrogen-bond acceptors (Lipinski definition) is 3. The number of hydrogen-bond donors (Lipinski definition) is 3. The molecule has 108 valence electrons. The molecular weight excluding hydrogens is 268 g/mol. The van der Waals surface area contributed by atoms with Gasteiger partial charge in [-0.1, -0.05) is 48.5 Å². The van der Waals surface area contributed by atoms with E-state index in [1.165, 1.54) is 0 Å². The predicted octanol–water partition coefficient (Wildman–Crippen LogP) is 2.06. The van der Waals surface area contributed by atoms with Crippen molar-refractivity contribution >= 4 is 11.9 Å². The lowest BCUT2D eigenvalue weighted by Gasteiger charge is -2.10. The van der Waals surface area contributed by atoms with Crippen molar-refractivity contribution in [1.82, 2.24) is 10.9 Å². The molecule has 0 aliphatic carbocycles. The molecule has 0 atom stereocenters. The van der Waals surface area contributed by atoms with Crippen molar-refractivity contribution in [3.63, 3.8) is 0 Å². The molecule has 0 fully saturated rings. The Morgan fingerprint density at radius 3 is 2.33 bits per heavy atom. The summed E-state index contributed by atoms with van der Waals surface area (Å²) >= 11 is 0. The van der Waals surface area contributed by atoms with Crippen molar-refractivity contribution in [2.75, 3.05) is 6.54 Å². The zero-order valence-corrected chi connectivity index (χ0v) is 11.4. The van der Waals surface area contributed by atoms with E-state index in [0.29, 0.717) is 5.56 Å². The van der Waals surface area contributed by atoms with Gasteiger partial charge in [-0.15, -0.1) is 0 Å². The fraction of sp³-hybridized carbons (Fsp3) is 0.125. The van der Waals surface area contributed by atoms with E-state index in [9.17, 15) is 9.59 Å². The average molecular weight is 284 g/mol. The molecule has 5 nitrogen and oxygen atoms in total. The molecule has 0 spiro atoms. The smallest absolute Gasteiger partial charge is 0.304 e. The molecule has 0 unspecified atom stereocenters. The van der Waals surface area contributed by atoms with Crippen LogP contribution in [-0.2, 0) is 4.79 Å². The Morgan fingerprint density at radius 1 is 0.952 bits per heavy atom. The van der Waals surface area contributed by atoms with Crippen LogP contribution in [-0.4, -0.2) is 23.5 Å². The number of rotatable bonds is 6. The van der Waals surface area contributed by atoms with E-state index >= 15 is 0 Å². The Balaban J connectivity index is 2.09. The summed E-state index contributed by atoms with van der Waals surface area (Å²) in [6.07, 6.45) is -0.0549. The number of aliphatic carboxylic acids is 1. The maximum absolute atomic E-state index is 12.2. The maximum atomic E-state index is 12.2. The van der Waals surface area contributed by atoms with Gasteiger partial charge in [-0.3, -0.25) is 15.0 Å². The van der Waals surface area contributed by atoms with E-state index in [0.717, 1.165) is 11.1 Å². The summed E-state index contributed by atoms with van der Waals surface area (Å²) in [6, 6.07) is 16.9. The van der Waals surface area contributed by atoms with E-state index in [2.05, 4.69) is 10.9 Å². The molecule has 0 aliphatic rings. The summed E-state index contributed by atoms with van der Waals surface area (Å²) in [5.74, 6) is -1.21. The Bertz CT molecular complexity index is 626. The van der Waals surface area contributed by atoms with Gasteiger partial charge in [0.05, 0.1) is 6.42 Å². The molecule has 0 radical (unpaired) electrons. The van der Waals surface area contributed by atoms with Gasteiger partial charge in [0.15, 0.2) is 0 Å². The maximum Gasteiger partial charge on any atom is 0.304 e.